The van der Waals surface area contributed by atoms with Gasteiger partial charge in [-0.25, -0.2) is 0 Å². The summed E-state index contributed by atoms with van der Waals surface area (Å²) in [6, 6.07) is 7.99. The molecule has 0 radical (unpaired) electrons. The monoisotopic (exact) mass is 317 g/mol. The second-order valence-electron chi connectivity index (χ2n) is 6.77. The first kappa shape index (κ1) is 16.3. The van der Waals surface area contributed by atoms with E-state index in [1.54, 1.807) is 6.07 Å². The van der Waals surface area contributed by atoms with Gasteiger partial charge in [0.15, 0.2) is 0 Å². The third-order valence-corrected chi connectivity index (χ3v) is 4.94. The zero-order chi connectivity index (χ0) is 16.1. The Labute approximate surface area is 138 Å². The number of allylic oxidation sites excluding steroid dienone is 1. The van der Waals surface area contributed by atoms with Crippen molar-refractivity contribution in [2.45, 2.75) is 63.3 Å². The van der Waals surface area contributed by atoms with Crippen molar-refractivity contribution in [2.75, 3.05) is 6.54 Å². The largest absolute Gasteiger partial charge is 0.508 e. The summed E-state index contributed by atoms with van der Waals surface area (Å²) in [4.78, 5) is 2.48. The number of rotatable bonds is 5. The van der Waals surface area contributed by atoms with Crippen LogP contribution in [-0.4, -0.2) is 39.9 Å². The SMILES string of the molecule is Oc1cccc(CN(CC2CCC=CO2)C2CCC(O)CC2)c1. The standard InChI is InChI=1S/C19H27NO3/c21-17-9-7-16(8-10-17)20(14-19-6-1-2-11-23-19)13-15-4-3-5-18(22)12-15/h2-5,11-12,16-17,19,21-22H,1,6-10,13-14H2. The number of aromatic hydroxyl groups is 1. The molecule has 1 atom stereocenters. The fraction of sp³-hybridized carbons (Fsp3) is 0.579. The molecule has 1 aliphatic heterocycles. The number of aliphatic hydroxyl groups excluding tert-OH is 1. The Kier molecular flexibility index (Phi) is 5.57. The van der Waals surface area contributed by atoms with Gasteiger partial charge >= 0.3 is 0 Å². The van der Waals surface area contributed by atoms with Crippen molar-refractivity contribution in [1.82, 2.24) is 4.90 Å². The maximum Gasteiger partial charge on any atom is 0.115 e. The molecule has 1 aromatic rings. The molecular formula is C19H27NO3. The summed E-state index contributed by atoms with van der Waals surface area (Å²) in [5.74, 6) is 0.318. The van der Waals surface area contributed by atoms with Crippen LogP contribution < -0.4 is 0 Å². The predicted molar refractivity (Wildman–Crippen MR) is 90.0 cm³/mol. The number of benzene rings is 1. The number of phenolic OH excluding ortho intramolecular Hbond substituents is 1. The van der Waals surface area contributed by atoms with Gasteiger partial charge in [-0.1, -0.05) is 12.1 Å². The molecule has 1 saturated carbocycles. The van der Waals surface area contributed by atoms with Crippen molar-refractivity contribution >= 4 is 0 Å². The van der Waals surface area contributed by atoms with Gasteiger partial charge in [0.25, 0.3) is 0 Å². The summed E-state index contributed by atoms with van der Waals surface area (Å²) in [6.45, 7) is 1.72. The van der Waals surface area contributed by atoms with E-state index >= 15 is 0 Å². The Hall–Kier alpha value is -1.52. The van der Waals surface area contributed by atoms with E-state index in [9.17, 15) is 10.2 Å². The smallest absolute Gasteiger partial charge is 0.115 e. The van der Waals surface area contributed by atoms with Gasteiger partial charge in [-0.05, 0) is 62.3 Å². The molecule has 0 bridgehead atoms. The van der Waals surface area contributed by atoms with Gasteiger partial charge in [0.05, 0.1) is 12.4 Å². The van der Waals surface area contributed by atoms with Crippen molar-refractivity contribution in [1.29, 1.82) is 0 Å². The Morgan fingerprint density at radius 1 is 1.13 bits per heavy atom. The van der Waals surface area contributed by atoms with Gasteiger partial charge in [-0.2, -0.15) is 0 Å². The Morgan fingerprint density at radius 3 is 2.65 bits per heavy atom. The van der Waals surface area contributed by atoms with Crippen molar-refractivity contribution in [3.05, 3.63) is 42.2 Å². The Balaban J connectivity index is 1.68. The molecule has 1 aromatic carbocycles. The van der Waals surface area contributed by atoms with E-state index in [0.717, 1.165) is 57.2 Å². The van der Waals surface area contributed by atoms with Crippen LogP contribution in [0.25, 0.3) is 0 Å². The summed E-state index contributed by atoms with van der Waals surface area (Å²) in [5, 5.41) is 19.5. The van der Waals surface area contributed by atoms with E-state index in [2.05, 4.69) is 17.0 Å². The van der Waals surface area contributed by atoms with Crippen LogP contribution in [0.4, 0.5) is 0 Å². The highest BCUT2D eigenvalue weighted by molar-refractivity contribution is 5.27. The van der Waals surface area contributed by atoms with Gasteiger partial charge in [-0.15, -0.1) is 0 Å². The van der Waals surface area contributed by atoms with Crippen molar-refractivity contribution in [2.24, 2.45) is 0 Å². The van der Waals surface area contributed by atoms with Gasteiger partial charge in [0.1, 0.15) is 11.9 Å². The minimum absolute atomic E-state index is 0.136. The highest BCUT2D eigenvalue weighted by Gasteiger charge is 2.27. The quantitative estimate of drug-likeness (QED) is 0.876. The van der Waals surface area contributed by atoms with Crippen molar-refractivity contribution < 1.29 is 14.9 Å². The van der Waals surface area contributed by atoms with Crippen LogP contribution in [0.1, 0.15) is 44.1 Å². The first-order valence-electron chi connectivity index (χ1n) is 8.71. The molecule has 1 fully saturated rings. The van der Waals surface area contributed by atoms with Crippen LogP contribution in [0, 0.1) is 0 Å². The van der Waals surface area contributed by atoms with Crippen LogP contribution >= 0.6 is 0 Å². The third-order valence-electron chi connectivity index (χ3n) is 4.94. The highest BCUT2D eigenvalue weighted by Crippen LogP contribution is 2.26. The lowest BCUT2D eigenvalue weighted by Gasteiger charge is -2.38. The zero-order valence-corrected chi connectivity index (χ0v) is 13.6. The first-order valence-corrected chi connectivity index (χ1v) is 8.71. The highest BCUT2D eigenvalue weighted by atomic mass is 16.5. The maximum atomic E-state index is 9.77. The molecule has 23 heavy (non-hydrogen) atoms. The minimum Gasteiger partial charge on any atom is -0.508 e. The number of phenols is 1. The van der Waals surface area contributed by atoms with Crippen LogP contribution in [0.2, 0.25) is 0 Å². The fourth-order valence-corrected chi connectivity index (χ4v) is 3.64. The van der Waals surface area contributed by atoms with Crippen LogP contribution in [0.15, 0.2) is 36.6 Å². The van der Waals surface area contributed by atoms with Crippen LogP contribution in [0.5, 0.6) is 5.75 Å². The lowest BCUT2D eigenvalue weighted by atomic mass is 9.91. The molecular weight excluding hydrogens is 290 g/mol. The molecule has 2 N–H and O–H groups in total. The van der Waals surface area contributed by atoms with E-state index in [4.69, 9.17) is 4.74 Å². The molecule has 1 aliphatic carbocycles. The summed E-state index contributed by atoms with van der Waals surface area (Å²) in [6.07, 6.45) is 9.96. The van der Waals surface area contributed by atoms with Crippen molar-refractivity contribution in [3.8, 4) is 5.75 Å². The Bertz CT molecular complexity index is 523. The van der Waals surface area contributed by atoms with E-state index in [1.165, 1.54) is 0 Å². The summed E-state index contributed by atoms with van der Waals surface area (Å²) < 4.78 is 5.76. The number of aliphatic hydroxyl groups is 1. The number of nitrogens with zero attached hydrogens (tertiary/aromatic N) is 1. The number of hydrogen-bond donors (Lipinski definition) is 2. The first-order chi connectivity index (χ1) is 11.2. The molecule has 0 spiro atoms. The van der Waals surface area contributed by atoms with Crippen LogP contribution in [0.3, 0.4) is 0 Å². The average Bonchev–Trinajstić information content (AvgIpc) is 2.56. The number of hydrogen-bond acceptors (Lipinski definition) is 4. The fourth-order valence-electron chi connectivity index (χ4n) is 3.64. The molecule has 0 amide bonds. The molecule has 4 heteroatoms. The predicted octanol–water partition coefficient (Wildman–Crippen LogP) is 3.19. The molecule has 1 unspecified atom stereocenters. The van der Waals surface area contributed by atoms with E-state index in [0.29, 0.717) is 11.8 Å². The van der Waals surface area contributed by atoms with E-state index < -0.39 is 0 Å². The summed E-state index contributed by atoms with van der Waals surface area (Å²) >= 11 is 0. The van der Waals surface area contributed by atoms with Gasteiger partial charge in [0, 0.05) is 19.1 Å². The topological polar surface area (TPSA) is 52.9 Å². The molecule has 2 aliphatic rings. The molecule has 0 saturated heterocycles. The maximum absolute atomic E-state index is 9.77. The Morgan fingerprint density at radius 2 is 1.96 bits per heavy atom. The van der Waals surface area contributed by atoms with E-state index in [1.807, 2.05) is 18.4 Å². The number of ether oxygens (including phenoxy) is 1. The second-order valence-corrected chi connectivity index (χ2v) is 6.77. The molecule has 3 rings (SSSR count). The lowest BCUT2D eigenvalue weighted by molar-refractivity contribution is 0.0275. The van der Waals surface area contributed by atoms with E-state index in [-0.39, 0.29) is 12.2 Å². The normalized spacial score (nSPS) is 27.8. The van der Waals surface area contributed by atoms with Crippen LogP contribution in [-0.2, 0) is 11.3 Å². The summed E-state index contributed by atoms with van der Waals surface area (Å²) in [7, 11) is 0. The van der Waals surface area contributed by atoms with Crippen molar-refractivity contribution in [3.63, 3.8) is 0 Å². The zero-order valence-electron chi connectivity index (χ0n) is 13.6. The second kappa shape index (κ2) is 7.84. The average molecular weight is 317 g/mol. The molecule has 1 heterocycles. The van der Waals surface area contributed by atoms with Gasteiger partial charge in [0.2, 0.25) is 0 Å². The third kappa shape index (κ3) is 4.72. The minimum atomic E-state index is -0.136. The molecule has 0 aromatic heterocycles. The molecule has 126 valence electrons. The van der Waals surface area contributed by atoms with Gasteiger partial charge < -0.3 is 14.9 Å². The molecule has 4 nitrogen and oxygen atoms in total. The summed E-state index contributed by atoms with van der Waals surface area (Å²) in [5.41, 5.74) is 1.13. The lowest BCUT2D eigenvalue weighted by Crippen LogP contribution is -2.43. The van der Waals surface area contributed by atoms with Gasteiger partial charge in [-0.3, -0.25) is 4.90 Å².